The van der Waals surface area contributed by atoms with Crippen LogP contribution in [0.5, 0.6) is 0 Å². The monoisotopic (exact) mass is 334 g/mol. The first-order valence-corrected chi connectivity index (χ1v) is 7.13. The Bertz CT molecular complexity index is 505. The molecule has 2 unspecified atom stereocenters. The Morgan fingerprint density at radius 3 is 2.55 bits per heavy atom. The van der Waals surface area contributed by atoms with Gasteiger partial charge in [0.05, 0.1) is 0 Å². The molecule has 10 nitrogen and oxygen atoms in total. The number of hydrogen-bond donors (Lipinski definition) is 5. The molecule has 0 bridgehead atoms. The Morgan fingerprint density at radius 1 is 1.50 bits per heavy atom. The summed E-state index contributed by atoms with van der Waals surface area (Å²) in [6, 6.07) is 0. The van der Waals surface area contributed by atoms with Crippen LogP contribution < -0.4 is 22.1 Å². The molecular formula is C11H18N4O6S. The van der Waals surface area contributed by atoms with E-state index >= 15 is 0 Å². The van der Waals surface area contributed by atoms with Crippen molar-refractivity contribution >= 4 is 29.7 Å². The molecule has 0 radical (unpaired) electrons. The molecular weight excluding hydrogens is 316 g/mol. The molecule has 22 heavy (non-hydrogen) atoms. The molecule has 2 amide bonds. The van der Waals surface area contributed by atoms with E-state index in [0.29, 0.717) is 5.57 Å². The molecule has 1 aliphatic rings. The van der Waals surface area contributed by atoms with Crippen LogP contribution in [-0.2, 0) is 19.1 Å². The fourth-order valence-electron chi connectivity index (χ4n) is 1.93. The van der Waals surface area contributed by atoms with Crippen molar-refractivity contribution in [2.45, 2.75) is 11.1 Å². The van der Waals surface area contributed by atoms with Gasteiger partial charge in [-0.15, -0.1) is 11.8 Å². The number of ether oxygens (including phenoxy) is 2. The van der Waals surface area contributed by atoms with Gasteiger partial charge in [-0.05, 0) is 7.05 Å². The number of hydrogen-bond acceptors (Lipinski definition) is 8. The first kappa shape index (κ1) is 18.1. The minimum absolute atomic E-state index is 0.187. The van der Waals surface area contributed by atoms with Crippen molar-refractivity contribution in [1.29, 1.82) is 0 Å². The Balaban J connectivity index is 3.06. The number of likely N-dealkylation sites (N-methyl/N-ethyl adjacent to an activating group) is 1. The van der Waals surface area contributed by atoms with Gasteiger partial charge in [0.15, 0.2) is 0 Å². The Morgan fingerprint density at radius 2 is 2.14 bits per heavy atom. The fourth-order valence-corrected chi connectivity index (χ4v) is 3.29. The molecule has 124 valence electrons. The van der Waals surface area contributed by atoms with E-state index in [1.807, 2.05) is 0 Å². The molecule has 0 spiro atoms. The standard InChI is InChI=1S/C11H18N4O6S/c1-14-11(20-2,8(12)18)9-15-6(7(16)17)5(4-22-9)3-21-10(13)19/h9,14-15H,3-4H2,1-2H3,(H2,12,18)(H2,13,19)(H,16,17). The van der Waals surface area contributed by atoms with Crippen LogP contribution in [0.2, 0.25) is 0 Å². The van der Waals surface area contributed by atoms with E-state index in [0.717, 1.165) is 0 Å². The van der Waals surface area contributed by atoms with Crippen molar-refractivity contribution in [1.82, 2.24) is 10.6 Å². The molecule has 11 heteroatoms. The number of carbonyl (C=O) groups is 3. The average molecular weight is 334 g/mol. The third kappa shape index (κ3) is 3.61. The van der Waals surface area contributed by atoms with Gasteiger partial charge in [-0.1, -0.05) is 0 Å². The van der Waals surface area contributed by atoms with E-state index in [-0.39, 0.29) is 18.1 Å². The average Bonchev–Trinajstić information content (AvgIpc) is 2.46. The van der Waals surface area contributed by atoms with Crippen LogP contribution in [0.1, 0.15) is 0 Å². The quantitative estimate of drug-likeness (QED) is 0.335. The number of thioether (sulfide) groups is 1. The number of rotatable bonds is 7. The lowest BCUT2D eigenvalue weighted by atomic mass is 10.1. The molecule has 0 saturated heterocycles. The fraction of sp³-hybridized carbons (Fsp3) is 0.545. The summed E-state index contributed by atoms with van der Waals surface area (Å²) in [5.74, 6) is -1.88. The number of nitrogens with one attached hydrogen (secondary N) is 2. The van der Waals surface area contributed by atoms with E-state index in [1.54, 1.807) is 0 Å². The van der Waals surface area contributed by atoms with E-state index < -0.39 is 29.1 Å². The van der Waals surface area contributed by atoms with Crippen molar-refractivity contribution in [3.63, 3.8) is 0 Å². The summed E-state index contributed by atoms with van der Waals surface area (Å²) >= 11 is 1.18. The van der Waals surface area contributed by atoms with Gasteiger partial charge in [-0.25, -0.2) is 9.59 Å². The van der Waals surface area contributed by atoms with Crippen LogP contribution in [0.15, 0.2) is 11.3 Å². The second kappa shape index (κ2) is 7.33. The molecule has 1 rings (SSSR count). The van der Waals surface area contributed by atoms with E-state index in [2.05, 4.69) is 15.4 Å². The molecule has 0 saturated carbocycles. The largest absolute Gasteiger partial charge is 0.477 e. The van der Waals surface area contributed by atoms with Crippen LogP contribution >= 0.6 is 11.8 Å². The molecule has 0 aromatic heterocycles. The van der Waals surface area contributed by atoms with E-state index in [9.17, 15) is 19.5 Å². The minimum Gasteiger partial charge on any atom is -0.477 e. The Labute approximate surface area is 130 Å². The molecule has 0 fully saturated rings. The summed E-state index contributed by atoms with van der Waals surface area (Å²) < 4.78 is 9.77. The molecule has 0 aromatic rings. The lowest BCUT2D eigenvalue weighted by molar-refractivity contribution is -0.145. The van der Waals surface area contributed by atoms with Gasteiger partial charge in [0.25, 0.3) is 5.91 Å². The van der Waals surface area contributed by atoms with Gasteiger partial charge in [-0.2, -0.15) is 0 Å². The third-order valence-corrected chi connectivity index (χ3v) is 4.38. The second-order valence-corrected chi connectivity index (χ2v) is 5.37. The smallest absolute Gasteiger partial charge is 0.404 e. The molecule has 0 aliphatic carbocycles. The summed E-state index contributed by atoms with van der Waals surface area (Å²) in [4.78, 5) is 33.7. The second-order valence-electron chi connectivity index (χ2n) is 4.28. The van der Waals surface area contributed by atoms with Gasteiger partial charge in [-0.3, -0.25) is 10.1 Å². The van der Waals surface area contributed by atoms with Crippen molar-refractivity contribution in [2.75, 3.05) is 26.5 Å². The highest BCUT2D eigenvalue weighted by molar-refractivity contribution is 8.00. The van der Waals surface area contributed by atoms with Crippen molar-refractivity contribution in [3.05, 3.63) is 11.3 Å². The number of carboxylic acids is 1. The van der Waals surface area contributed by atoms with E-state index in [4.69, 9.17) is 16.2 Å². The molecule has 1 aliphatic heterocycles. The molecule has 2 atom stereocenters. The normalized spacial score (nSPS) is 20.7. The first-order valence-electron chi connectivity index (χ1n) is 6.08. The Hall–Kier alpha value is -1.98. The van der Waals surface area contributed by atoms with E-state index in [1.165, 1.54) is 25.9 Å². The number of nitrogens with two attached hydrogens (primary N) is 2. The predicted octanol–water partition coefficient (Wildman–Crippen LogP) is -1.87. The Kier molecular flexibility index (Phi) is 6.02. The lowest BCUT2D eigenvalue weighted by Crippen LogP contribution is -2.66. The summed E-state index contributed by atoms with van der Waals surface area (Å²) in [5, 5.41) is 13.8. The minimum atomic E-state index is -1.60. The third-order valence-electron chi connectivity index (χ3n) is 3.08. The van der Waals surface area contributed by atoms with Crippen molar-refractivity contribution < 1.29 is 29.0 Å². The molecule has 7 N–H and O–H groups in total. The molecule has 0 aromatic carbocycles. The number of methoxy groups -OCH3 is 1. The molecule has 1 heterocycles. The zero-order chi connectivity index (χ0) is 16.9. The number of carboxylic acid groups (broad SMARTS) is 1. The maximum Gasteiger partial charge on any atom is 0.404 e. The lowest BCUT2D eigenvalue weighted by Gasteiger charge is -2.39. The van der Waals surface area contributed by atoms with Crippen LogP contribution in [0.3, 0.4) is 0 Å². The topological polar surface area (TPSA) is 166 Å². The first-order chi connectivity index (χ1) is 10.3. The number of primary amides is 2. The zero-order valence-corrected chi connectivity index (χ0v) is 12.9. The van der Waals surface area contributed by atoms with Gasteiger partial charge < -0.3 is 31.4 Å². The number of amides is 2. The van der Waals surface area contributed by atoms with Crippen molar-refractivity contribution in [2.24, 2.45) is 11.5 Å². The number of carbonyl (C=O) groups excluding carboxylic acids is 2. The SMILES string of the molecule is CNC(OC)(C(N)=O)C1NC(C(=O)O)=C(COC(N)=O)CS1. The highest BCUT2D eigenvalue weighted by Crippen LogP contribution is 2.30. The summed E-state index contributed by atoms with van der Waals surface area (Å²) in [7, 11) is 2.74. The van der Waals surface area contributed by atoms with Gasteiger partial charge in [0.2, 0.25) is 5.72 Å². The highest BCUT2D eigenvalue weighted by Gasteiger charge is 2.47. The maximum absolute atomic E-state index is 11.7. The zero-order valence-electron chi connectivity index (χ0n) is 12.0. The van der Waals surface area contributed by atoms with Crippen molar-refractivity contribution in [3.8, 4) is 0 Å². The van der Waals surface area contributed by atoms with Gasteiger partial charge in [0.1, 0.15) is 17.7 Å². The van der Waals surface area contributed by atoms with Crippen LogP contribution in [0, 0.1) is 0 Å². The number of aliphatic carboxylic acids is 1. The summed E-state index contributed by atoms with van der Waals surface area (Å²) in [5.41, 5.74) is 8.74. The highest BCUT2D eigenvalue weighted by atomic mass is 32.2. The predicted molar refractivity (Wildman–Crippen MR) is 77.6 cm³/mol. The van der Waals surface area contributed by atoms with Gasteiger partial charge >= 0.3 is 12.1 Å². The van der Waals surface area contributed by atoms with Crippen LogP contribution in [0.4, 0.5) is 4.79 Å². The maximum atomic E-state index is 11.7. The van der Waals surface area contributed by atoms with Gasteiger partial charge in [0, 0.05) is 18.4 Å². The van der Waals surface area contributed by atoms with Crippen LogP contribution in [-0.4, -0.2) is 60.7 Å². The summed E-state index contributed by atoms with van der Waals surface area (Å²) in [6.07, 6.45) is -1.01. The summed E-state index contributed by atoms with van der Waals surface area (Å²) in [6.45, 7) is -0.264. The van der Waals surface area contributed by atoms with Crippen LogP contribution in [0.25, 0.3) is 0 Å².